The van der Waals surface area contributed by atoms with Gasteiger partial charge in [-0.15, -0.1) is 0 Å². The Balaban J connectivity index is 1.14. The molecular formula is C42H50O12. The first-order valence-electron chi connectivity index (χ1n) is 18.4. The molecule has 0 saturated carbocycles. The maximum absolute atomic E-state index is 12.8. The Labute approximate surface area is 316 Å². The third-order valence-corrected chi connectivity index (χ3v) is 8.24. The highest BCUT2D eigenvalue weighted by atomic mass is 16.6. The molecule has 1 fully saturated rings. The molecule has 12 heteroatoms. The number of unbranched alkanes of at least 4 members (excludes halogenated alkanes) is 5. The van der Waals surface area contributed by atoms with Crippen LogP contribution in [0.5, 0.6) is 11.5 Å². The zero-order valence-corrected chi connectivity index (χ0v) is 30.7. The van der Waals surface area contributed by atoms with Crippen molar-refractivity contribution in [2.75, 3.05) is 59.5 Å². The van der Waals surface area contributed by atoms with Crippen LogP contribution >= 0.6 is 0 Å². The second-order valence-electron chi connectivity index (χ2n) is 12.5. The van der Waals surface area contributed by atoms with Gasteiger partial charge in [-0.3, -0.25) is 9.59 Å². The van der Waals surface area contributed by atoms with Crippen molar-refractivity contribution in [2.24, 2.45) is 0 Å². The molecule has 1 unspecified atom stereocenters. The Morgan fingerprint density at radius 3 is 1.67 bits per heavy atom. The largest absolute Gasteiger partial charge is 0.461 e. The molecule has 0 aliphatic carbocycles. The number of esters is 4. The predicted octanol–water partition coefficient (Wildman–Crippen LogP) is 6.93. The van der Waals surface area contributed by atoms with Gasteiger partial charge in [0.15, 0.2) is 0 Å². The summed E-state index contributed by atoms with van der Waals surface area (Å²) < 4.78 is 43.6. The summed E-state index contributed by atoms with van der Waals surface area (Å²) in [6.07, 6.45) is 7.28. The number of hydrogen-bond acceptors (Lipinski definition) is 12. The lowest BCUT2D eigenvalue weighted by Gasteiger charge is -2.19. The summed E-state index contributed by atoms with van der Waals surface area (Å²) in [5.41, 5.74) is 2.34. The topological polar surface area (TPSA) is 142 Å². The molecule has 1 aliphatic rings. The number of hydrogen-bond donors (Lipinski definition) is 0. The molecule has 54 heavy (non-hydrogen) atoms. The second kappa shape index (κ2) is 24.4. The molecule has 1 heterocycles. The van der Waals surface area contributed by atoms with Gasteiger partial charge in [0.1, 0.15) is 30.8 Å². The van der Waals surface area contributed by atoms with Crippen LogP contribution in [0, 0.1) is 0 Å². The van der Waals surface area contributed by atoms with Crippen molar-refractivity contribution in [1.29, 1.82) is 0 Å². The highest BCUT2D eigenvalue weighted by Gasteiger charge is 2.17. The van der Waals surface area contributed by atoms with E-state index in [0.29, 0.717) is 64.0 Å². The van der Waals surface area contributed by atoms with Crippen molar-refractivity contribution >= 4 is 23.9 Å². The van der Waals surface area contributed by atoms with Crippen LogP contribution in [0.4, 0.5) is 0 Å². The lowest BCUT2D eigenvalue weighted by Crippen LogP contribution is -2.30. The standard InChI is InChI=1S/C42H50O12/c1-2-23-51-39(43)9-7-5-3-4-6-8-10-40(44)53-36-19-15-32(16-20-36)33-17-21-37(22-18-33)54-42(46)35-13-11-34(12-14-35)41(45)52-31-38-30-49-27-26-47-24-25-48-28-29-50-38/h2,11-22,38H,1,3-10,23-31H2. The first kappa shape index (κ1) is 41.9. The van der Waals surface area contributed by atoms with Gasteiger partial charge in [-0.05, 0) is 72.5 Å². The number of carbonyl (C=O) groups excluding carboxylic acids is 4. The summed E-state index contributed by atoms with van der Waals surface area (Å²) in [5, 5.41) is 0. The van der Waals surface area contributed by atoms with Crippen LogP contribution in [-0.4, -0.2) is 89.4 Å². The minimum absolute atomic E-state index is 0.000128. The van der Waals surface area contributed by atoms with E-state index in [2.05, 4.69) is 6.58 Å². The van der Waals surface area contributed by atoms with E-state index in [1.165, 1.54) is 24.3 Å². The molecule has 0 amide bonds. The quantitative estimate of drug-likeness (QED) is 0.0577. The summed E-state index contributed by atoms with van der Waals surface area (Å²) in [4.78, 5) is 49.2. The number of ether oxygens (including phenoxy) is 8. The van der Waals surface area contributed by atoms with E-state index in [-0.39, 0.29) is 42.9 Å². The van der Waals surface area contributed by atoms with E-state index in [1.807, 2.05) is 24.3 Å². The zero-order valence-electron chi connectivity index (χ0n) is 30.7. The molecule has 0 radical (unpaired) electrons. The van der Waals surface area contributed by atoms with E-state index in [1.54, 1.807) is 30.3 Å². The van der Waals surface area contributed by atoms with E-state index in [4.69, 9.17) is 37.9 Å². The minimum Gasteiger partial charge on any atom is -0.461 e. The molecule has 0 N–H and O–H groups in total. The molecule has 3 aromatic rings. The monoisotopic (exact) mass is 746 g/mol. The number of rotatable bonds is 18. The third kappa shape index (κ3) is 16.0. The lowest BCUT2D eigenvalue weighted by atomic mass is 10.1. The van der Waals surface area contributed by atoms with Crippen molar-refractivity contribution in [3.8, 4) is 22.6 Å². The Morgan fingerprint density at radius 1 is 0.574 bits per heavy atom. The molecule has 12 nitrogen and oxygen atoms in total. The number of benzene rings is 3. The molecule has 1 saturated heterocycles. The molecule has 0 spiro atoms. The third-order valence-electron chi connectivity index (χ3n) is 8.24. The maximum atomic E-state index is 12.8. The van der Waals surface area contributed by atoms with Crippen LogP contribution in [0.1, 0.15) is 72.1 Å². The first-order chi connectivity index (χ1) is 26.4. The van der Waals surface area contributed by atoms with Gasteiger partial charge < -0.3 is 37.9 Å². The maximum Gasteiger partial charge on any atom is 0.343 e. The van der Waals surface area contributed by atoms with E-state index < -0.39 is 18.0 Å². The van der Waals surface area contributed by atoms with Gasteiger partial charge in [-0.25, -0.2) is 9.59 Å². The van der Waals surface area contributed by atoms with E-state index >= 15 is 0 Å². The summed E-state index contributed by atoms with van der Waals surface area (Å²) >= 11 is 0. The van der Waals surface area contributed by atoms with Gasteiger partial charge in [-0.2, -0.15) is 0 Å². The molecular weight excluding hydrogens is 696 g/mol. The summed E-state index contributed by atoms with van der Waals surface area (Å²) in [6, 6.07) is 20.3. The minimum atomic E-state index is -0.572. The zero-order chi connectivity index (χ0) is 38.2. The van der Waals surface area contributed by atoms with Gasteiger partial charge in [0.05, 0.1) is 57.4 Å². The van der Waals surface area contributed by atoms with Crippen LogP contribution in [0.25, 0.3) is 11.1 Å². The first-order valence-corrected chi connectivity index (χ1v) is 18.4. The SMILES string of the molecule is C=CCOC(=O)CCCCCCCCC(=O)Oc1ccc(-c2ccc(OC(=O)c3ccc(C(=O)OCC4COCCOCCOCCO4)cc3)cc2)cc1. The van der Waals surface area contributed by atoms with E-state index in [9.17, 15) is 19.2 Å². The Bertz CT molecular complexity index is 1570. The molecule has 1 atom stereocenters. The Hall–Kier alpha value is -4.88. The summed E-state index contributed by atoms with van der Waals surface area (Å²) in [7, 11) is 0. The Kier molecular flexibility index (Phi) is 18.9. The average molecular weight is 747 g/mol. The van der Waals surface area contributed by atoms with Crippen molar-refractivity contribution in [1.82, 2.24) is 0 Å². The fourth-order valence-corrected chi connectivity index (χ4v) is 5.32. The molecule has 0 aromatic heterocycles. The highest BCUT2D eigenvalue weighted by molar-refractivity contribution is 5.94. The highest BCUT2D eigenvalue weighted by Crippen LogP contribution is 2.25. The van der Waals surface area contributed by atoms with Crippen LogP contribution in [0.15, 0.2) is 85.5 Å². The molecule has 1 aliphatic heterocycles. The number of carbonyl (C=O) groups is 4. The van der Waals surface area contributed by atoms with Crippen molar-refractivity contribution in [2.45, 2.75) is 57.5 Å². The van der Waals surface area contributed by atoms with Crippen LogP contribution in [-0.2, 0) is 38.0 Å². The Morgan fingerprint density at radius 2 is 1.07 bits per heavy atom. The summed E-state index contributed by atoms with van der Waals surface area (Å²) in [6.45, 7) is 6.56. The van der Waals surface area contributed by atoms with Crippen molar-refractivity contribution in [3.05, 3.63) is 96.6 Å². The van der Waals surface area contributed by atoms with E-state index in [0.717, 1.165) is 49.7 Å². The van der Waals surface area contributed by atoms with Crippen LogP contribution < -0.4 is 9.47 Å². The fourth-order valence-electron chi connectivity index (χ4n) is 5.32. The fraction of sp³-hybridized carbons (Fsp3) is 0.429. The molecule has 290 valence electrons. The second-order valence-corrected chi connectivity index (χ2v) is 12.5. The van der Waals surface area contributed by atoms with Crippen molar-refractivity contribution < 1.29 is 57.1 Å². The lowest BCUT2D eigenvalue weighted by molar-refractivity contribution is -0.142. The van der Waals surface area contributed by atoms with Crippen LogP contribution in [0.2, 0.25) is 0 Å². The van der Waals surface area contributed by atoms with Gasteiger partial charge in [-0.1, -0.05) is 62.6 Å². The van der Waals surface area contributed by atoms with Crippen molar-refractivity contribution in [3.63, 3.8) is 0 Å². The van der Waals surface area contributed by atoms with Gasteiger partial charge in [0, 0.05) is 12.8 Å². The smallest absolute Gasteiger partial charge is 0.343 e. The van der Waals surface area contributed by atoms with Gasteiger partial charge in [0.2, 0.25) is 0 Å². The van der Waals surface area contributed by atoms with Crippen LogP contribution in [0.3, 0.4) is 0 Å². The molecule has 3 aromatic carbocycles. The average Bonchev–Trinajstić information content (AvgIpc) is 3.18. The molecule has 0 bridgehead atoms. The normalized spacial score (nSPS) is 15.1. The van der Waals surface area contributed by atoms with Gasteiger partial charge in [0.25, 0.3) is 0 Å². The predicted molar refractivity (Wildman–Crippen MR) is 199 cm³/mol. The van der Waals surface area contributed by atoms with Gasteiger partial charge >= 0.3 is 23.9 Å². The summed E-state index contributed by atoms with van der Waals surface area (Å²) in [5.74, 6) is -0.765. The molecule has 4 rings (SSSR count).